The Bertz CT molecular complexity index is 567. The molecule has 0 saturated heterocycles. The van der Waals surface area contributed by atoms with Crippen LogP contribution in [0.1, 0.15) is 26.2 Å². The Morgan fingerprint density at radius 1 is 1.39 bits per heavy atom. The van der Waals surface area contributed by atoms with Crippen molar-refractivity contribution in [2.75, 3.05) is 11.1 Å². The Labute approximate surface area is 107 Å². The molecule has 2 unspecified atom stereocenters. The molecule has 4 nitrogen and oxygen atoms in total. The number of nitrogens with zero attached hydrogens (tertiary/aromatic N) is 2. The zero-order chi connectivity index (χ0) is 12.5. The predicted molar refractivity (Wildman–Crippen MR) is 74.4 cm³/mol. The SMILES string of the molecule is CCCC1CC1Nc1ncnc2ccc(N)cc12. The van der Waals surface area contributed by atoms with Gasteiger partial charge in [-0.25, -0.2) is 9.97 Å². The number of benzene rings is 1. The third kappa shape index (κ3) is 2.10. The van der Waals surface area contributed by atoms with Gasteiger partial charge in [0, 0.05) is 17.1 Å². The second-order valence-electron chi connectivity index (χ2n) is 5.03. The summed E-state index contributed by atoms with van der Waals surface area (Å²) in [6.07, 6.45) is 5.41. The summed E-state index contributed by atoms with van der Waals surface area (Å²) in [6, 6.07) is 6.32. The van der Waals surface area contributed by atoms with Crippen molar-refractivity contribution in [2.45, 2.75) is 32.2 Å². The molecule has 4 heteroatoms. The van der Waals surface area contributed by atoms with Gasteiger partial charge in [-0.3, -0.25) is 0 Å². The van der Waals surface area contributed by atoms with Gasteiger partial charge in [-0.2, -0.15) is 0 Å². The average Bonchev–Trinajstić information content (AvgIpc) is 3.09. The highest BCUT2D eigenvalue weighted by molar-refractivity contribution is 5.91. The van der Waals surface area contributed by atoms with Crippen LogP contribution in [0.15, 0.2) is 24.5 Å². The largest absolute Gasteiger partial charge is 0.399 e. The molecule has 0 aliphatic heterocycles. The van der Waals surface area contributed by atoms with Crippen molar-refractivity contribution in [2.24, 2.45) is 5.92 Å². The van der Waals surface area contributed by atoms with E-state index in [1.807, 2.05) is 18.2 Å². The lowest BCUT2D eigenvalue weighted by atomic mass is 10.2. The lowest BCUT2D eigenvalue weighted by Crippen LogP contribution is -2.07. The molecular formula is C14H18N4. The maximum absolute atomic E-state index is 5.83. The van der Waals surface area contributed by atoms with Crippen LogP contribution in [-0.2, 0) is 0 Å². The van der Waals surface area contributed by atoms with E-state index in [1.54, 1.807) is 6.33 Å². The Balaban J connectivity index is 1.86. The second kappa shape index (κ2) is 4.44. The molecule has 3 N–H and O–H groups in total. The first-order chi connectivity index (χ1) is 8.78. The van der Waals surface area contributed by atoms with Crippen LogP contribution >= 0.6 is 0 Å². The quantitative estimate of drug-likeness (QED) is 0.809. The first-order valence-electron chi connectivity index (χ1n) is 6.54. The number of rotatable bonds is 4. The van der Waals surface area contributed by atoms with Crippen LogP contribution in [-0.4, -0.2) is 16.0 Å². The minimum atomic E-state index is 0.574. The molecule has 2 atom stereocenters. The van der Waals surface area contributed by atoms with E-state index in [4.69, 9.17) is 5.73 Å². The van der Waals surface area contributed by atoms with Gasteiger partial charge in [0.05, 0.1) is 5.52 Å². The van der Waals surface area contributed by atoms with Gasteiger partial charge in [-0.05, 0) is 37.0 Å². The number of nitrogen functional groups attached to an aromatic ring is 1. The van der Waals surface area contributed by atoms with Gasteiger partial charge in [-0.15, -0.1) is 0 Å². The molecule has 1 aliphatic carbocycles. The molecular weight excluding hydrogens is 224 g/mol. The van der Waals surface area contributed by atoms with Crippen molar-refractivity contribution >= 4 is 22.4 Å². The van der Waals surface area contributed by atoms with Crippen molar-refractivity contribution in [3.05, 3.63) is 24.5 Å². The highest BCUT2D eigenvalue weighted by atomic mass is 15.1. The van der Waals surface area contributed by atoms with E-state index >= 15 is 0 Å². The minimum Gasteiger partial charge on any atom is -0.399 e. The highest BCUT2D eigenvalue weighted by Crippen LogP contribution is 2.38. The van der Waals surface area contributed by atoms with Crippen molar-refractivity contribution in [1.29, 1.82) is 0 Å². The first kappa shape index (κ1) is 11.3. The van der Waals surface area contributed by atoms with Crippen molar-refractivity contribution in [1.82, 2.24) is 9.97 Å². The molecule has 2 aromatic rings. The van der Waals surface area contributed by atoms with Crippen molar-refractivity contribution in [3.8, 4) is 0 Å². The van der Waals surface area contributed by atoms with E-state index in [9.17, 15) is 0 Å². The summed E-state index contributed by atoms with van der Waals surface area (Å²) in [4.78, 5) is 8.60. The molecule has 1 heterocycles. The third-order valence-corrected chi connectivity index (χ3v) is 3.56. The van der Waals surface area contributed by atoms with Crippen LogP contribution < -0.4 is 11.1 Å². The molecule has 0 radical (unpaired) electrons. The normalized spacial score (nSPS) is 22.1. The monoisotopic (exact) mass is 242 g/mol. The molecule has 1 aliphatic rings. The first-order valence-corrected chi connectivity index (χ1v) is 6.54. The Hall–Kier alpha value is -1.84. The summed E-state index contributed by atoms with van der Waals surface area (Å²) >= 11 is 0. The van der Waals surface area contributed by atoms with Crippen LogP contribution in [0.4, 0.5) is 11.5 Å². The Morgan fingerprint density at radius 2 is 2.28 bits per heavy atom. The van der Waals surface area contributed by atoms with Crippen LogP contribution in [0.3, 0.4) is 0 Å². The van der Waals surface area contributed by atoms with Crippen LogP contribution in [0.25, 0.3) is 10.9 Å². The minimum absolute atomic E-state index is 0.574. The fourth-order valence-electron chi connectivity index (χ4n) is 2.48. The average molecular weight is 242 g/mol. The molecule has 1 aromatic carbocycles. The summed E-state index contributed by atoms with van der Waals surface area (Å²) in [5.74, 6) is 1.72. The fourth-order valence-corrected chi connectivity index (χ4v) is 2.48. The van der Waals surface area contributed by atoms with Crippen molar-refractivity contribution < 1.29 is 0 Å². The van der Waals surface area contributed by atoms with Gasteiger partial charge in [0.2, 0.25) is 0 Å². The van der Waals surface area contributed by atoms with E-state index in [1.165, 1.54) is 19.3 Å². The predicted octanol–water partition coefficient (Wildman–Crippen LogP) is 2.81. The van der Waals surface area contributed by atoms with Gasteiger partial charge >= 0.3 is 0 Å². The maximum Gasteiger partial charge on any atom is 0.137 e. The molecule has 3 rings (SSSR count). The van der Waals surface area contributed by atoms with E-state index in [0.29, 0.717) is 6.04 Å². The summed E-state index contributed by atoms with van der Waals surface area (Å²) in [7, 11) is 0. The zero-order valence-corrected chi connectivity index (χ0v) is 10.6. The zero-order valence-electron chi connectivity index (χ0n) is 10.6. The van der Waals surface area contributed by atoms with E-state index < -0.39 is 0 Å². The van der Waals surface area contributed by atoms with Gasteiger partial charge in [-0.1, -0.05) is 13.3 Å². The Morgan fingerprint density at radius 3 is 3.11 bits per heavy atom. The summed E-state index contributed by atoms with van der Waals surface area (Å²) in [5.41, 5.74) is 7.52. The number of nitrogens with one attached hydrogen (secondary N) is 1. The summed E-state index contributed by atoms with van der Waals surface area (Å²) in [6.45, 7) is 2.23. The van der Waals surface area contributed by atoms with Gasteiger partial charge < -0.3 is 11.1 Å². The highest BCUT2D eigenvalue weighted by Gasteiger charge is 2.36. The summed E-state index contributed by atoms with van der Waals surface area (Å²) in [5, 5.41) is 4.53. The van der Waals surface area contributed by atoms with E-state index in [-0.39, 0.29) is 0 Å². The molecule has 1 saturated carbocycles. The number of aromatic nitrogens is 2. The van der Waals surface area contributed by atoms with Gasteiger partial charge in [0.25, 0.3) is 0 Å². The molecule has 1 fully saturated rings. The van der Waals surface area contributed by atoms with Crippen LogP contribution in [0.2, 0.25) is 0 Å². The second-order valence-corrected chi connectivity index (χ2v) is 5.03. The van der Waals surface area contributed by atoms with Gasteiger partial charge in [0.1, 0.15) is 12.1 Å². The van der Waals surface area contributed by atoms with E-state index in [2.05, 4.69) is 22.2 Å². The lowest BCUT2D eigenvalue weighted by molar-refractivity contribution is 0.692. The smallest absolute Gasteiger partial charge is 0.137 e. The van der Waals surface area contributed by atoms with Crippen LogP contribution in [0.5, 0.6) is 0 Å². The number of fused-ring (bicyclic) bond motifs is 1. The topological polar surface area (TPSA) is 63.8 Å². The maximum atomic E-state index is 5.83. The fraction of sp³-hybridized carbons (Fsp3) is 0.429. The molecule has 0 bridgehead atoms. The molecule has 0 spiro atoms. The van der Waals surface area contributed by atoms with Crippen molar-refractivity contribution in [3.63, 3.8) is 0 Å². The number of nitrogens with two attached hydrogens (primary N) is 1. The van der Waals surface area contributed by atoms with E-state index in [0.717, 1.165) is 28.3 Å². The standard InChI is InChI=1S/C14H18N4/c1-2-3-9-6-13(9)18-14-11-7-10(15)4-5-12(11)16-8-17-14/h4-5,7-9,13H,2-3,6,15H2,1H3,(H,16,17,18). The summed E-state index contributed by atoms with van der Waals surface area (Å²) < 4.78 is 0. The molecule has 0 amide bonds. The molecule has 94 valence electrons. The van der Waals surface area contributed by atoms with Gasteiger partial charge in [0.15, 0.2) is 0 Å². The lowest BCUT2D eigenvalue weighted by Gasteiger charge is -2.08. The number of anilines is 2. The number of hydrogen-bond acceptors (Lipinski definition) is 4. The molecule has 18 heavy (non-hydrogen) atoms. The third-order valence-electron chi connectivity index (χ3n) is 3.56. The molecule has 1 aromatic heterocycles. The number of hydrogen-bond donors (Lipinski definition) is 2. The Kier molecular flexibility index (Phi) is 2.78. The van der Waals surface area contributed by atoms with Crippen LogP contribution in [0, 0.1) is 5.92 Å².